The van der Waals surface area contributed by atoms with Gasteiger partial charge in [0.15, 0.2) is 0 Å². The summed E-state index contributed by atoms with van der Waals surface area (Å²) in [5, 5.41) is 0. The molecule has 0 fully saturated rings. The quantitative estimate of drug-likeness (QED) is 0.448. The van der Waals surface area contributed by atoms with E-state index in [2.05, 4.69) is 5.92 Å². The van der Waals surface area contributed by atoms with Gasteiger partial charge in [-0.15, -0.1) is 12.3 Å². The Bertz CT molecular complexity index is 166. The first-order chi connectivity index (χ1) is 4.98. The molecule has 0 amide bonds. The summed E-state index contributed by atoms with van der Waals surface area (Å²) in [5.41, 5.74) is -0.200. The van der Waals surface area contributed by atoms with Crippen molar-refractivity contribution in [3.8, 4) is 12.3 Å². The van der Waals surface area contributed by atoms with Gasteiger partial charge in [0.1, 0.15) is 5.78 Å². The minimum absolute atomic E-state index is 0.200. The number of ketones is 1. The Kier molecular flexibility index (Phi) is 3.89. The van der Waals surface area contributed by atoms with Crippen molar-refractivity contribution < 1.29 is 4.79 Å². The van der Waals surface area contributed by atoms with Crippen LogP contribution in [0.2, 0.25) is 0 Å². The van der Waals surface area contributed by atoms with Crippen molar-refractivity contribution in [2.75, 3.05) is 0 Å². The van der Waals surface area contributed by atoms with Crippen molar-refractivity contribution in [1.82, 2.24) is 0 Å². The van der Waals surface area contributed by atoms with Crippen LogP contribution in [0.25, 0.3) is 0 Å². The molecule has 0 aliphatic rings. The fourth-order valence-corrected chi connectivity index (χ4v) is 0.726. The average Bonchev–Trinajstić information content (AvgIpc) is 1.86. The number of terminal acetylenes is 1. The van der Waals surface area contributed by atoms with Crippen LogP contribution in [0.3, 0.4) is 0 Å². The first-order valence-electron chi connectivity index (χ1n) is 3.95. The third kappa shape index (κ3) is 4.61. The molecule has 0 aromatic carbocycles. The highest BCUT2D eigenvalue weighted by Gasteiger charge is 2.19. The van der Waals surface area contributed by atoms with E-state index in [0.717, 1.165) is 6.42 Å². The van der Waals surface area contributed by atoms with Gasteiger partial charge >= 0.3 is 0 Å². The maximum atomic E-state index is 11.3. The summed E-state index contributed by atoms with van der Waals surface area (Å²) >= 11 is 0. The van der Waals surface area contributed by atoms with E-state index in [1.165, 1.54) is 0 Å². The second-order valence-corrected chi connectivity index (χ2v) is 3.73. The molecule has 0 heterocycles. The zero-order valence-corrected chi connectivity index (χ0v) is 7.61. The molecule has 0 rings (SSSR count). The molecule has 0 radical (unpaired) electrons. The van der Waals surface area contributed by atoms with Crippen LogP contribution in [0, 0.1) is 17.8 Å². The molecule has 0 aliphatic carbocycles. The van der Waals surface area contributed by atoms with Crippen LogP contribution in [-0.2, 0) is 4.79 Å². The van der Waals surface area contributed by atoms with E-state index in [0.29, 0.717) is 18.6 Å². The minimum Gasteiger partial charge on any atom is -0.299 e. The lowest BCUT2D eigenvalue weighted by Crippen LogP contribution is -2.19. The van der Waals surface area contributed by atoms with E-state index in [9.17, 15) is 4.79 Å². The predicted molar refractivity (Wildman–Crippen MR) is 47.1 cm³/mol. The van der Waals surface area contributed by atoms with Gasteiger partial charge in [-0.2, -0.15) is 0 Å². The van der Waals surface area contributed by atoms with Gasteiger partial charge in [-0.25, -0.2) is 0 Å². The molecular formula is C10H16O. The minimum atomic E-state index is -0.200. The molecule has 0 atom stereocenters. The highest BCUT2D eigenvalue weighted by molar-refractivity contribution is 5.83. The van der Waals surface area contributed by atoms with Gasteiger partial charge < -0.3 is 0 Å². The van der Waals surface area contributed by atoms with Gasteiger partial charge in [0, 0.05) is 18.3 Å². The highest BCUT2D eigenvalue weighted by atomic mass is 16.1. The van der Waals surface area contributed by atoms with E-state index in [1.807, 2.05) is 20.8 Å². The molecule has 0 N–H and O–H groups in total. The van der Waals surface area contributed by atoms with Crippen LogP contribution in [-0.4, -0.2) is 5.78 Å². The van der Waals surface area contributed by atoms with Gasteiger partial charge in [0.2, 0.25) is 0 Å². The average molecular weight is 152 g/mol. The van der Waals surface area contributed by atoms with Gasteiger partial charge in [-0.3, -0.25) is 4.79 Å². The van der Waals surface area contributed by atoms with Crippen molar-refractivity contribution in [1.29, 1.82) is 0 Å². The fraction of sp³-hybridized carbons (Fsp3) is 0.700. The van der Waals surface area contributed by atoms with Gasteiger partial charge in [0.05, 0.1) is 0 Å². The normalized spacial score (nSPS) is 10.7. The molecule has 1 nitrogen and oxygen atoms in total. The Morgan fingerprint density at radius 2 is 2.00 bits per heavy atom. The molecule has 0 aliphatic heterocycles. The smallest absolute Gasteiger partial charge is 0.138 e. The number of rotatable bonds is 3. The van der Waals surface area contributed by atoms with Crippen LogP contribution in [0.5, 0.6) is 0 Å². The largest absolute Gasteiger partial charge is 0.299 e. The van der Waals surface area contributed by atoms with Crippen molar-refractivity contribution in [2.45, 2.75) is 40.0 Å². The first kappa shape index (κ1) is 10.2. The van der Waals surface area contributed by atoms with Gasteiger partial charge in [-0.05, 0) is 6.42 Å². The third-order valence-corrected chi connectivity index (χ3v) is 1.56. The number of Topliss-reactive ketones (excluding diaryl/α,β-unsaturated/α-hetero) is 1. The summed E-state index contributed by atoms with van der Waals surface area (Å²) in [5.74, 6) is 2.82. The maximum Gasteiger partial charge on any atom is 0.138 e. The SMILES string of the molecule is C#CCCCC(=O)C(C)(C)C. The fourth-order valence-electron chi connectivity index (χ4n) is 0.726. The van der Waals surface area contributed by atoms with Crippen molar-refractivity contribution in [2.24, 2.45) is 5.41 Å². The summed E-state index contributed by atoms with van der Waals surface area (Å²) in [6.07, 6.45) is 7.22. The molecular weight excluding hydrogens is 136 g/mol. The van der Waals surface area contributed by atoms with E-state index in [-0.39, 0.29) is 5.41 Å². The summed E-state index contributed by atoms with van der Waals surface area (Å²) in [6, 6.07) is 0. The Labute approximate surface area is 69.2 Å². The topological polar surface area (TPSA) is 17.1 Å². The Morgan fingerprint density at radius 1 is 1.45 bits per heavy atom. The van der Waals surface area contributed by atoms with Crippen molar-refractivity contribution >= 4 is 5.78 Å². The summed E-state index contributed by atoms with van der Waals surface area (Å²) in [6.45, 7) is 5.81. The lowest BCUT2D eigenvalue weighted by atomic mass is 9.88. The molecule has 1 heteroatoms. The lowest BCUT2D eigenvalue weighted by Gasteiger charge is -2.15. The Balaban J connectivity index is 3.64. The highest BCUT2D eigenvalue weighted by Crippen LogP contribution is 2.17. The molecule has 0 bridgehead atoms. The molecule has 0 saturated heterocycles. The monoisotopic (exact) mass is 152 g/mol. The van der Waals surface area contributed by atoms with Crippen LogP contribution in [0.15, 0.2) is 0 Å². The van der Waals surface area contributed by atoms with Crippen molar-refractivity contribution in [3.05, 3.63) is 0 Å². The van der Waals surface area contributed by atoms with Crippen LogP contribution < -0.4 is 0 Å². The standard InChI is InChI=1S/C10H16O/c1-5-6-7-8-9(11)10(2,3)4/h1H,6-8H2,2-4H3. The maximum absolute atomic E-state index is 11.3. The summed E-state index contributed by atoms with van der Waals surface area (Å²) in [4.78, 5) is 11.3. The number of unbranched alkanes of at least 4 members (excludes halogenated alkanes) is 1. The van der Waals surface area contributed by atoms with E-state index in [1.54, 1.807) is 0 Å². The number of hydrogen-bond acceptors (Lipinski definition) is 1. The molecule has 0 saturated carbocycles. The second kappa shape index (κ2) is 4.18. The molecule has 11 heavy (non-hydrogen) atoms. The number of hydrogen-bond donors (Lipinski definition) is 0. The predicted octanol–water partition coefficient (Wildman–Crippen LogP) is 2.41. The van der Waals surface area contributed by atoms with E-state index in [4.69, 9.17) is 6.42 Å². The molecule has 0 aromatic heterocycles. The first-order valence-corrected chi connectivity index (χ1v) is 3.95. The molecule has 0 spiro atoms. The van der Waals surface area contributed by atoms with Crippen molar-refractivity contribution in [3.63, 3.8) is 0 Å². The second-order valence-electron chi connectivity index (χ2n) is 3.73. The van der Waals surface area contributed by atoms with E-state index < -0.39 is 0 Å². The zero-order chi connectivity index (χ0) is 8.91. The summed E-state index contributed by atoms with van der Waals surface area (Å²) in [7, 11) is 0. The van der Waals surface area contributed by atoms with Crippen LogP contribution >= 0.6 is 0 Å². The Hall–Kier alpha value is -0.770. The summed E-state index contributed by atoms with van der Waals surface area (Å²) < 4.78 is 0. The third-order valence-electron chi connectivity index (χ3n) is 1.56. The molecule has 0 unspecified atom stereocenters. The van der Waals surface area contributed by atoms with Gasteiger partial charge in [0.25, 0.3) is 0 Å². The lowest BCUT2D eigenvalue weighted by molar-refractivity contribution is -0.126. The van der Waals surface area contributed by atoms with Crippen LogP contribution in [0.1, 0.15) is 40.0 Å². The van der Waals surface area contributed by atoms with E-state index >= 15 is 0 Å². The molecule has 62 valence electrons. The zero-order valence-electron chi connectivity index (χ0n) is 7.61. The molecule has 0 aromatic rings. The Morgan fingerprint density at radius 3 is 2.36 bits per heavy atom. The number of carbonyl (C=O) groups excluding carboxylic acids is 1. The van der Waals surface area contributed by atoms with Crippen LogP contribution in [0.4, 0.5) is 0 Å². The van der Waals surface area contributed by atoms with Gasteiger partial charge in [-0.1, -0.05) is 20.8 Å². The number of carbonyl (C=O) groups is 1.